The third kappa shape index (κ3) is 4.69. The van der Waals surface area contributed by atoms with E-state index >= 15 is 0 Å². The van der Waals surface area contributed by atoms with Crippen molar-refractivity contribution in [1.29, 1.82) is 0 Å². The summed E-state index contributed by atoms with van der Waals surface area (Å²) in [4.78, 5) is 13.9. The molecule has 1 aromatic heterocycles. The number of hydrogen-bond donors (Lipinski definition) is 0. The predicted molar refractivity (Wildman–Crippen MR) is 101 cm³/mol. The lowest BCUT2D eigenvalue weighted by molar-refractivity contribution is 0.0306. The summed E-state index contributed by atoms with van der Waals surface area (Å²) in [7, 11) is 0. The Bertz CT molecular complexity index is 697. The number of nitrogens with zero attached hydrogens (tertiary/aromatic N) is 4. The Balaban J connectivity index is 1.18. The highest BCUT2D eigenvalue weighted by Gasteiger charge is 2.21. The molecule has 4 rings (SSSR count). The summed E-state index contributed by atoms with van der Waals surface area (Å²) in [5.74, 6) is 0.602. The summed E-state index contributed by atoms with van der Waals surface area (Å²) in [5.41, 5.74) is 0.940. The second-order valence-electron chi connectivity index (χ2n) is 7.26. The lowest BCUT2D eigenvalue weighted by Gasteiger charge is -2.34. The van der Waals surface area contributed by atoms with Gasteiger partial charge in [0.1, 0.15) is 0 Å². The Morgan fingerprint density at radius 3 is 2.54 bits per heavy atom. The van der Waals surface area contributed by atoms with E-state index in [1.807, 2.05) is 30.5 Å². The molecular formula is C20H28N4O2. The Kier molecular flexibility index (Phi) is 5.94. The first-order valence-corrected chi connectivity index (χ1v) is 9.74. The van der Waals surface area contributed by atoms with Crippen molar-refractivity contribution in [2.75, 3.05) is 59.1 Å². The summed E-state index contributed by atoms with van der Waals surface area (Å²) >= 11 is 0. The van der Waals surface area contributed by atoms with Crippen molar-refractivity contribution >= 4 is 10.9 Å². The standard InChI is InChI=1S/C20H28N4O2/c1-2-4-19-18(3-1)15-21-20(22-19)26-16-17-5-7-23(8-6-17)9-10-24-11-13-25-14-12-24/h1-4,15,17H,5-14,16H2. The lowest BCUT2D eigenvalue weighted by Crippen LogP contribution is -2.43. The zero-order valence-corrected chi connectivity index (χ0v) is 15.3. The van der Waals surface area contributed by atoms with Crippen LogP contribution in [0.25, 0.3) is 10.9 Å². The van der Waals surface area contributed by atoms with E-state index in [1.165, 1.54) is 19.4 Å². The van der Waals surface area contributed by atoms with Crippen LogP contribution in [-0.2, 0) is 4.74 Å². The maximum absolute atomic E-state index is 5.88. The first kappa shape index (κ1) is 17.6. The molecule has 0 N–H and O–H groups in total. The van der Waals surface area contributed by atoms with Gasteiger partial charge in [-0.15, -0.1) is 0 Å². The summed E-state index contributed by atoms with van der Waals surface area (Å²) in [5, 5.41) is 1.05. The summed E-state index contributed by atoms with van der Waals surface area (Å²) in [6, 6.07) is 8.51. The molecule has 6 heteroatoms. The maximum Gasteiger partial charge on any atom is 0.316 e. The monoisotopic (exact) mass is 356 g/mol. The molecule has 3 heterocycles. The molecule has 2 aromatic rings. The van der Waals surface area contributed by atoms with Gasteiger partial charge in [0.05, 0.1) is 25.3 Å². The number of hydrogen-bond acceptors (Lipinski definition) is 6. The van der Waals surface area contributed by atoms with Gasteiger partial charge in [0.25, 0.3) is 0 Å². The molecule has 0 spiro atoms. The molecular weight excluding hydrogens is 328 g/mol. The molecule has 2 fully saturated rings. The largest absolute Gasteiger partial charge is 0.463 e. The van der Waals surface area contributed by atoms with Crippen LogP contribution in [0.5, 0.6) is 6.01 Å². The van der Waals surface area contributed by atoms with Crippen LogP contribution >= 0.6 is 0 Å². The first-order chi connectivity index (χ1) is 12.9. The van der Waals surface area contributed by atoms with Gasteiger partial charge >= 0.3 is 6.01 Å². The highest BCUT2D eigenvalue weighted by atomic mass is 16.5. The first-order valence-electron chi connectivity index (χ1n) is 9.74. The number of likely N-dealkylation sites (tertiary alicyclic amines) is 1. The fraction of sp³-hybridized carbons (Fsp3) is 0.600. The molecule has 2 saturated heterocycles. The zero-order chi connectivity index (χ0) is 17.6. The van der Waals surface area contributed by atoms with Crippen molar-refractivity contribution in [1.82, 2.24) is 19.8 Å². The molecule has 140 valence electrons. The molecule has 2 aliphatic heterocycles. The minimum absolute atomic E-state index is 0.499. The van der Waals surface area contributed by atoms with Crippen molar-refractivity contribution in [3.63, 3.8) is 0 Å². The molecule has 0 aliphatic carbocycles. The number of ether oxygens (including phenoxy) is 2. The molecule has 2 aliphatic rings. The van der Waals surface area contributed by atoms with Crippen molar-refractivity contribution in [2.45, 2.75) is 12.8 Å². The molecule has 0 atom stereocenters. The van der Waals surface area contributed by atoms with E-state index < -0.39 is 0 Å². The average molecular weight is 356 g/mol. The van der Waals surface area contributed by atoms with Gasteiger partial charge in [-0.05, 0) is 37.9 Å². The number of morpholine rings is 1. The molecule has 0 saturated carbocycles. The number of rotatable bonds is 6. The van der Waals surface area contributed by atoms with E-state index in [0.717, 1.165) is 63.4 Å². The average Bonchev–Trinajstić information content (AvgIpc) is 2.72. The predicted octanol–water partition coefficient (Wildman–Crippen LogP) is 2.05. The fourth-order valence-corrected chi connectivity index (χ4v) is 3.70. The van der Waals surface area contributed by atoms with Crippen molar-refractivity contribution in [2.24, 2.45) is 5.92 Å². The van der Waals surface area contributed by atoms with Gasteiger partial charge in [-0.25, -0.2) is 4.98 Å². The number of benzene rings is 1. The number of piperidine rings is 1. The van der Waals surface area contributed by atoms with Gasteiger partial charge < -0.3 is 14.4 Å². The SMILES string of the molecule is c1ccc2nc(OCC3CCN(CCN4CCOCC4)CC3)ncc2c1. The van der Waals surface area contributed by atoms with Gasteiger partial charge in [-0.3, -0.25) is 4.90 Å². The Labute approximate surface area is 155 Å². The van der Waals surface area contributed by atoms with Crippen LogP contribution in [0.4, 0.5) is 0 Å². The molecule has 0 unspecified atom stereocenters. The Morgan fingerprint density at radius 2 is 1.73 bits per heavy atom. The van der Waals surface area contributed by atoms with Crippen LogP contribution in [-0.4, -0.2) is 78.9 Å². The second-order valence-corrected chi connectivity index (χ2v) is 7.26. The van der Waals surface area contributed by atoms with Crippen molar-refractivity contribution in [3.8, 4) is 6.01 Å². The van der Waals surface area contributed by atoms with E-state index in [2.05, 4.69) is 19.8 Å². The minimum atomic E-state index is 0.499. The smallest absolute Gasteiger partial charge is 0.316 e. The second kappa shape index (κ2) is 8.75. The van der Waals surface area contributed by atoms with Gasteiger partial charge in [-0.1, -0.05) is 18.2 Å². The fourth-order valence-electron chi connectivity index (χ4n) is 3.70. The normalized spacial score (nSPS) is 20.5. The van der Waals surface area contributed by atoms with Crippen molar-refractivity contribution < 1.29 is 9.47 Å². The molecule has 6 nitrogen and oxygen atoms in total. The van der Waals surface area contributed by atoms with Gasteiger partial charge in [0.15, 0.2) is 0 Å². The number of aromatic nitrogens is 2. The van der Waals surface area contributed by atoms with Crippen molar-refractivity contribution in [3.05, 3.63) is 30.5 Å². The van der Waals surface area contributed by atoms with Crippen LogP contribution in [0.15, 0.2) is 30.5 Å². The van der Waals surface area contributed by atoms with Crippen LogP contribution in [0.3, 0.4) is 0 Å². The summed E-state index contributed by atoms with van der Waals surface area (Å²) in [6.07, 6.45) is 4.22. The number of para-hydroxylation sites is 1. The maximum atomic E-state index is 5.88. The van der Waals surface area contributed by atoms with E-state index in [0.29, 0.717) is 11.9 Å². The van der Waals surface area contributed by atoms with Gasteiger partial charge in [0.2, 0.25) is 0 Å². The van der Waals surface area contributed by atoms with Gasteiger partial charge in [-0.2, -0.15) is 4.98 Å². The van der Waals surface area contributed by atoms with Crippen LogP contribution in [0, 0.1) is 5.92 Å². The number of fused-ring (bicyclic) bond motifs is 1. The topological polar surface area (TPSA) is 50.7 Å². The van der Waals surface area contributed by atoms with Crippen LogP contribution in [0.1, 0.15) is 12.8 Å². The summed E-state index contributed by atoms with van der Waals surface area (Å²) in [6.45, 7) is 9.30. The molecule has 26 heavy (non-hydrogen) atoms. The zero-order valence-electron chi connectivity index (χ0n) is 15.3. The Hall–Kier alpha value is -1.76. The Morgan fingerprint density at radius 1 is 1.00 bits per heavy atom. The van der Waals surface area contributed by atoms with Crippen LogP contribution in [0.2, 0.25) is 0 Å². The van der Waals surface area contributed by atoms with E-state index in [9.17, 15) is 0 Å². The third-order valence-electron chi connectivity index (χ3n) is 5.46. The lowest BCUT2D eigenvalue weighted by atomic mass is 9.98. The molecule has 0 radical (unpaired) electrons. The minimum Gasteiger partial charge on any atom is -0.463 e. The highest BCUT2D eigenvalue weighted by molar-refractivity contribution is 5.77. The van der Waals surface area contributed by atoms with Crippen LogP contribution < -0.4 is 4.74 Å². The quantitative estimate of drug-likeness (QED) is 0.790. The highest BCUT2D eigenvalue weighted by Crippen LogP contribution is 2.19. The molecule has 1 aromatic carbocycles. The third-order valence-corrected chi connectivity index (χ3v) is 5.46. The van der Waals surface area contributed by atoms with E-state index in [4.69, 9.17) is 9.47 Å². The van der Waals surface area contributed by atoms with E-state index in [-0.39, 0.29) is 0 Å². The van der Waals surface area contributed by atoms with E-state index in [1.54, 1.807) is 0 Å². The van der Waals surface area contributed by atoms with Gasteiger partial charge in [0, 0.05) is 37.8 Å². The molecule has 0 amide bonds. The molecule has 0 bridgehead atoms. The summed E-state index contributed by atoms with van der Waals surface area (Å²) < 4.78 is 11.3.